The zero-order valence-corrected chi connectivity index (χ0v) is 53.8. The van der Waals surface area contributed by atoms with Gasteiger partial charge in [0.25, 0.3) is 0 Å². The maximum Gasteiger partial charge on any atom is 0.101 e. The molecule has 0 aliphatic rings. The molecule has 0 unspecified atom stereocenters. The van der Waals surface area contributed by atoms with Crippen LogP contribution in [0.1, 0.15) is 59.1 Å². The molecule has 0 aliphatic carbocycles. The number of benzene rings is 6. The summed E-state index contributed by atoms with van der Waals surface area (Å²) in [6.07, 6.45) is 3.65. The number of thiocarbonyl (C=S) groups is 3. The first kappa shape index (κ1) is 59.8. The predicted octanol–water partition coefficient (Wildman–Crippen LogP) is 22.9. The predicted molar refractivity (Wildman–Crippen MR) is 358 cm³/mol. The lowest BCUT2D eigenvalue weighted by molar-refractivity contribution is 1.21. The Morgan fingerprint density at radius 1 is 0.500 bits per heavy atom. The van der Waals surface area contributed by atoms with E-state index >= 15 is 0 Å². The third-order valence-corrected chi connectivity index (χ3v) is 20.6. The van der Waals surface area contributed by atoms with Crippen LogP contribution >= 0.6 is 172 Å². The molecule has 0 aliphatic heterocycles. The molecule has 10 aromatic rings. The van der Waals surface area contributed by atoms with Crippen LogP contribution in [0.4, 0.5) is 34.1 Å². The number of hydrogen-bond acceptors (Lipinski definition) is 11. The minimum absolute atomic E-state index is 0.523. The second-order valence-corrected chi connectivity index (χ2v) is 25.3. The van der Waals surface area contributed by atoms with Crippen LogP contribution in [0.15, 0.2) is 153 Å². The Morgan fingerprint density at radius 2 is 0.936 bits per heavy atom. The number of anilines is 6. The molecule has 5 nitrogen and oxygen atoms in total. The molecule has 0 fully saturated rings. The van der Waals surface area contributed by atoms with Crippen molar-refractivity contribution < 1.29 is 0 Å². The molecule has 0 atom stereocenters. The van der Waals surface area contributed by atoms with Crippen molar-refractivity contribution in [3.8, 4) is 6.07 Å². The van der Waals surface area contributed by atoms with Gasteiger partial charge in [0.2, 0.25) is 0 Å². The first-order valence-electron chi connectivity index (χ1n) is 23.2. The molecule has 392 valence electrons. The van der Waals surface area contributed by atoms with Crippen molar-refractivity contribution in [2.75, 3.05) is 16.0 Å². The van der Waals surface area contributed by atoms with E-state index in [-0.39, 0.29) is 0 Å². The smallest absolute Gasteiger partial charge is 0.101 e. The molecular formula is C59H39Br2Cl6N5S6. The summed E-state index contributed by atoms with van der Waals surface area (Å²) in [5, 5.41) is 31.0. The lowest BCUT2D eigenvalue weighted by Gasteiger charge is -2.19. The highest BCUT2D eigenvalue weighted by molar-refractivity contribution is 9.10. The second-order valence-electron chi connectivity index (χ2n) is 17.1. The van der Waals surface area contributed by atoms with Crippen LogP contribution in [0.2, 0.25) is 30.1 Å². The van der Waals surface area contributed by atoms with Gasteiger partial charge >= 0.3 is 0 Å². The Balaban J connectivity index is 0.000000154. The van der Waals surface area contributed by atoms with Gasteiger partial charge in [0.15, 0.2) is 0 Å². The number of aromatic nitrogens is 1. The minimum atomic E-state index is 0.523. The number of fused-ring (bicyclic) bond motifs is 1. The average molecular weight is 1380 g/mol. The van der Waals surface area contributed by atoms with Gasteiger partial charge in [-0.15, -0.1) is 34.0 Å². The van der Waals surface area contributed by atoms with E-state index in [9.17, 15) is 5.26 Å². The monoisotopic (exact) mass is 1380 g/mol. The van der Waals surface area contributed by atoms with Crippen molar-refractivity contribution in [3.05, 3.63) is 242 Å². The van der Waals surface area contributed by atoms with E-state index in [1.54, 1.807) is 18.3 Å². The normalized spacial score (nSPS) is 10.7. The molecule has 0 saturated heterocycles. The Bertz CT molecular complexity index is 3960. The standard InChI is InChI=1S/C21H18BrCl2NS2.C20H12Cl2N2S2.C18H9BrCl2N2S2/c1-10-12(3)19(13(4)11(2)18(10)22)25-14-5-6-15(17(24)9-14)20(26)21-16(23)7-8-27-21;21-16-7-8-26-20(16)19(25)15-6-5-13(9-17(15)22)24-18-11-23-10-12-3-1-2-4-14(12)18;19-11-1-4-16(10(7-11)9-22)23-12-2-3-13(15(21)8-12)17(24)18-14(20)5-6-25-18/h5-9,25H,1-4H3;1-11,24H;1-8,23H. The van der Waals surface area contributed by atoms with Crippen molar-refractivity contribution in [2.24, 2.45) is 0 Å². The van der Waals surface area contributed by atoms with Gasteiger partial charge in [-0.3, -0.25) is 4.98 Å². The van der Waals surface area contributed by atoms with Gasteiger partial charge in [-0.25, -0.2) is 0 Å². The number of rotatable bonds is 12. The molecule has 0 radical (unpaired) electrons. The lowest BCUT2D eigenvalue weighted by atomic mass is 9.98. The molecular weight excluding hydrogens is 1340 g/mol. The van der Waals surface area contributed by atoms with E-state index in [4.69, 9.17) is 106 Å². The third kappa shape index (κ3) is 13.9. The molecule has 19 heteroatoms. The molecule has 0 spiro atoms. The molecule has 0 saturated carbocycles. The van der Waals surface area contributed by atoms with Crippen LogP contribution < -0.4 is 16.0 Å². The van der Waals surface area contributed by atoms with Crippen molar-refractivity contribution >= 4 is 232 Å². The summed E-state index contributed by atoms with van der Waals surface area (Å²) in [4.78, 5) is 8.82. The molecule has 6 aromatic carbocycles. The molecule has 78 heavy (non-hydrogen) atoms. The minimum Gasteiger partial charge on any atom is -0.355 e. The summed E-state index contributed by atoms with van der Waals surface area (Å²) < 4.78 is 2.01. The van der Waals surface area contributed by atoms with Crippen LogP contribution in [0.5, 0.6) is 0 Å². The van der Waals surface area contributed by atoms with Crippen LogP contribution in [-0.2, 0) is 0 Å². The number of thiophene rings is 3. The Hall–Kier alpha value is -4.31. The van der Waals surface area contributed by atoms with Crippen molar-refractivity contribution in [1.82, 2.24) is 4.98 Å². The van der Waals surface area contributed by atoms with Crippen LogP contribution in [0.25, 0.3) is 10.8 Å². The van der Waals surface area contributed by atoms with E-state index in [1.165, 1.54) is 56.3 Å². The summed E-state index contributed by atoms with van der Waals surface area (Å²) in [5.74, 6) is 0. The summed E-state index contributed by atoms with van der Waals surface area (Å²) in [6, 6.07) is 38.3. The first-order chi connectivity index (χ1) is 37.3. The number of nitrogens with zero attached hydrogens (tertiary/aromatic N) is 2. The number of nitriles is 1. The summed E-state index contributed by atoms with van der Waals surface area (Å²) in [6.45, 7) is 8.49. The largest absolute Gasteiger partial charge is 0.355 e. The topological polar surface area (TPSA) is 72.8 Å². The highest BCUT2D eigenvalue weighted by Crippen LogP contribution is 2.38. The highest BCUT2D eigenvalue weighted by atomic mass is 79.9. The number of nitrogens with one attached hydrogen (secondary N) is 3. The zero-order chi connectivity index (χ0) is 55.9. The van der Waals surface area contributed by atoms with E-state index in [0.29, 0.717) is 56.0 Å². The molecule has 0 bridgehead atoms. The van der Waals surface area contributed by atoms with Crippen LogP contribution in [-0.4, -0.2) is 19.6 Å². The van der Waals surface area contributed by atoms with Crippen LogP contribution in [0.3, 0.4) is 0 Å². The molecule has 4 aromatic heterocycles. The molecule has 4 heterocycles. The fraction of sp³-hybridized carbons (Fsp3) is 0.0678. The zero-order valence-electron chi connectivity index (χ0n) is 41.2. The summed E-state index contributed by atoms with van der Waals surface area (Å²) in [7, 11) is 0. The maximum atomic E-state index is 9.26. The van der Waals surface area contributed by atoms with E-state index in [0.717, 1.165) is 79.5 Å². The van der Waals surface area contributed by atoms with E-state index in [1.807, 2.05) is 119 Å². The maximum absolute atomic E-state index is 9.26. The van der Waals surface area contributed by atoms with Gasteiger partial charge in [-0.05, 0) is 157 Å². The highest BCUT2D eigenvalue weighted by Gasteiger charge is 2.19. The first-order valence-corrected chi connectivity index (χ1v) is 30.9. The fourth-order valence-corrected chi connectivity index (χ4v) is 14.6. The Labute approximate surface area is 527 Å². The number of pyridine rings is 1. The van der Waals surface area contributed by atoms with Crippen molar-refractivity contribution in [1.29, 1.82) is 5.26 Å². The quantitative estimate of drug-likeness (QED) is 0.0826. The second kappa shape index (κ2) is 27.0. The van der Waals surface area contributed by atoms with Gasteiger partial charge in [-0.1, -0.05) is 162 Å². The van der Waals surface area contributed by atoms with Gasteiger partial charge in [0, 0.05) is 65.4 Å². The SMILES string of the molecule is Cc1c(C)c(Nc2ccc(C(=S)c3sccc3Cl)c(Cl)c2)c(C)c(C)c1Br.N#Cc1cc(Br)ccc1Nc1ccc(C(=S)c2sccc2Cl)c(Cl)c1.S=C(c1ccc(Nc2cncc3ccccc23)cc1Cl)c1sccc1Cl. The summed E-state index contributed by atoms with van der Waals surface area (Å²) >= 11 is 66.3. The number of halogens is 8. The molecule has 10 rings (SSSR count). The Morgan fingerprint density at radius 3 is 1.36 bits per heavy atom. The van der Waals surface area contributed by atoms with E-state index < -0.39 is 0 Å². The van der Waals surface area contributed by atoms with Gasteiger partial charge in [0.05, 0.1) is 82.5 Å². The van der Waals surface area contributed by atoms with Gasteiger partial charge < -0.3 is 16.0 Å². The molecule has 3 N–H and O–H groups in total. The summed E-state index contributed by atoms with van der Waals surface area (Å²) in [5.41, 5.74) is 13.1. The molecule has 0 amide bonds. The lowest BCUT2D eigenvalue weighted by Crippen LogP contribution is -2.03. The average Bonchev–Trinajstić information content (AvgIpc) is 4.21. The van der Waals surface area contributed by atoms with Gasteiger partial charge in [0.1, 0.15) is 6.07 Å². The van der Waals surface area contributed by atoms with Crippen molar-refractivity contribution in [3.63, 3.8) is 0 Å². The van der Waals surface area contributed by atoms with Crippen LogP contribution in [0, 0.1) is 39.0 Å². The third-order valence-electron chi connectivity index (χ3n) is 12.2. The van der Waals surface area contributed by atoms with E-state index in [2.05, 4.69) is 92.6 Å². The van der Waals surface area contributed by atoms with Crippen molar-refractivity contribution in [2.45, 2.75) is 27.7 Å². The Kier molecular flexibility index (Phi) is 20.7. The van der Waals surface area contributed by atoms with Gasteiger partial charge in [-0.2, -0.15) is 5.26 Å². The number of hydrogen-bond donors (Lipinski definition) is 3. The fourth-order valence-electron chi connectivity index (χ4n) is 7.91.